The highest BCUT2D eigenvalue weighted by Crippen LogP contribution is 2.29. The molecule has 0 saturated carbocycles. The summed E-state index contributed by atoms with van der Waals surface area (Å²) in [7, 11) is 3.68. The van der Waals surface area contributed by atoms with Crippen LogP contribution in [0, 0.1) is 0 Å². The third-order valence-corrected chi connectivity index (χ3v) is 5.40. The number of piperazine rings is 1. The Morgan fingerprint density at radius 3 is 2.59 bits per heavy atom. The molecule has 154 valence electrons. The zero-order valence-corrected chi connectivity index (χ0v) is 18.1. The van der Waals surface area contributed by atoms with Crippen LogP contribution in [0.15, 0.2) is 42.5 Å². The van der Waals surface area contributed by atoms with E-state index in [4.69, 9.17) is 33.3 Å². The average molecular weight is 434 g/mol. The molecule has 0 spiro atoms. The molecule has 0 aromatic heterocycles. The second-order valence-electron chi connectivity index (χ2n) is 6.81. The molecule has 8 heteroatoms. The van der Waals surface area contributed by atoms with Gasteiger partial charge in [-0.1, -0.05) is 29.9 Å². The number of likely N-dealkylation sites (N-methyl/N-ethyl adjacent to an activating group) is 1. The molecule has 6 nitrogen and oxygen atoms in total. The molecule has 1 fully saturated rings. The molecule has 1 saturated heterocycles. The Labute approximate surface area is 181 Å². The summed E-state index contributed by atoms with van der Waals surface area (Å²) in [5.74, 6) is 0.736. The standard InChI is InChI=1S/C21H24ClN3O3S/c1-24-8-10-25(11-9-24)21(29)15-6-7-18(19(12-15)27-2)28-14-20(26)23-17-5-3-4-16(22)13-17/h3-7,12-13H,8-11,14H2,1-2H3,(H,23,26). The van der Waals surface area contributed by atoms with E-state index in [0.29, 0.717) is 22.2 Å². The van der Waals surface area contributed by atoms with Gasteiger partial charge in [-0.3, -0.25) is 4.79 Å². The fraction of sp³-hybridized carbons (Fsp3) is 0.333. The minimum atomic E-state index is -0.286. The summed E-state index contributed by atoms with van der Waals surface area (Å²) in [5, 5.41) is 3.30. The highest BCUT2D eigenvalue weighted by atomic mass is 35.5. The Morgan fingerprint density at radius 1 is 1.14 bits per heavy atom. The van der Waals surface area contributed by atoms with Gasteiger partial charge in [0.2, 0.25) is 0 Å². The van der Waals surface area contributed by atoms with Gasteiger partial charge in [0, 0.05) is 42.5 Å². The van der Waals surface area contributed by atoms with E-state index in [0.717, 1.165) is 36.7 Å². The summed E-state index contributed by atoms with van der Waals surface area (Å²) in [6.45, 7) is 3.63. The van der Waals surface area contributed by atoms with Crippen molar-refractivity contribution in [1.82, 2.24) is 9.80 Å². The van der Waals surface area contributed by atoms with Crippen LogP contribution in [-0.4, -0.2) is 67.6 Å². The number of halogens is 1. The lowest BCUT2D eigenvalue weighted by Crippen LogP contribution is -2.46. The Balaban J connectivity index is 1.61. The molecule has 1 N–H and O–H groups in total. The summed E-state index contributed by atoms with van der Waals surface area (Å²) in [6.07, 6.45) is 0. The van der Waals surface area contributed by atoms with Crippen molar-refractivity contribution in [2.24, 2.45) is 0 Å². The van der Waals surface area contributed by atoms with Crippen molar-refractivity contribution < 1.29 is 14.3 Å². The fourth-order valence-electron chi connectivity index (χ4n) is 3.02. The van der Waals surface area contributed by atoms with Crippen LogP contribution in [0.4, 0.5) is 5.69 Å². The molecule has 1 aliphatic rings. The minimum absolute atomic E-state index is 0.148. The quantitative estimate of drug-likeness (QED) is 0.705. The largest absolute Gasteiger partial charge is 0.493 e. The molecular formula is C21H24ClN3O3S. The molecule has 3 rings (SSSR count). The number of methoxy groups -OCH3 is 1. The average Bonchev–Trinajstić information content (AvgIpc) is 2.72. The molecule has 2 aromatic carbocycles. The summed E-state index contributed by atoms with van der Waals surface area (Å²) < 4.78 is 11.1. The van der Waals surface area contributed by atoms with E-state index in [1.807, 2.05) is 12.1 Å². The number of carbonyl (C=O) groups excluding carboxylic acids is 1. The number of thiocarbonyl (C=S) groups is 1. The van der Waals surface area contributed by atoms with Crippen LogP contribution in [0.1, 0.15) is 5.56 Å². The number of nitrogens with zero attached hydrogens (tertiary/aromatic N) is 2. The predicted molar refractivity (Wildman–Crippen MR) is 119 cm³/mol. The van der Waals surface area contributed by atoms with Gasteiger partial charge in [0.15, 0.2) is 18.1 Å². The van der Waals surface area contributed by atoms with Gasteiger partial charge < -0.3 is 24.6 Å². The topological polar surface area (TPSA) is 54.0 Å². The van der Waals surface area contributed by atoms with E-state index in [-0.39, 0.29) is 12.5 Å². The van der Waals surface area contributed by atoms with E-state index < -0.39 is 0 Å². The Bertz CT molecular complexity index is 885. The number of anilines is 1. The zero-order valence-electron chi connectivity index (χ0n) is 16.5. The molecule has 29 heavy (non-hydrogen) atoms. The maximum Gasteiger partial charge on any atom is 0.262 e. The molecule has 1 aliphatic heterocycles. The number of hydrogen-bond acceptors (Lipinski definition) is 5. The molecule has 2 aromatic rings. The van der Waals surface area contributed by atoms with Crippen molar-refractivity contribution in [3.8, 4) is 11.5 Å². The number of benzene rings is 2. The Morgan fingerprint density at radius 2 is 1.90 bits per heavy atom. The van der Waals surface area contributed by atoms with Crippen molar-refractivity contribution in [2.75, 3.05) is 52.3 Å². The number of ether oxygens (including phenoxy) is 2. The summed E-state index contributed by atoms with van der Waals surface area (Å²) >= 11 is 11.6. The van der Waals surface area contributed by atoms with Gasteiger partial charge in [-0.25, -0.2) is 0 Å². The van der Waals surface area contributed by atoms with Crippen LogP contribution in [0.3, 0.4) is 0 Å². The molecule has 1 amide bonds. The summed E-state index contributed by atoms with van der Waals surface area (Å²) in [6, 6.07) is 12.5. The summed E-state index contributed by atoms with van der Waals surface area (Å²) in [5.41, 5.74) is 1.52. The first kappa shape index (κ1) is 21.4. The van der Waals surface area contributed by atoms with Crippen LogP contribution in [0.25, 0.3) is 0 Å². The second kappa shape index (κ2) is 9.91. The monoisotopic (exact) mass is 433 g/mol. The van der Waals surface area contributed by atoms with Crippen molar-refractivity contribution in [2.45, 2.75) is 0 Å². The van der Waals surface area contributed by atoms with Crippen LogP contribution in [-0.2, 0) is 4.79 Å². The van der Waals surface area contributed by atoms with E-state index in [9.17, 15) is 4.79 Å². The molecule has 1 heterocycles. The minimum Gasteiger partial charge on any atom is -0.493 e. The Kier molecular flexibility index (Phi) is 7.30. The maximum absolute atomic E-state index is 12.2. The molecule has 0 unspecified atom stereocenters. The van der Waals surface area contributed by atoms with Crippen LogP contribution in [0.5, 0.6) is 11.5 Å². The van der Waals surface area contributed by atoms with Crippen LogP contribution >= 0.6 is 23.8 Å². The smallest absolute Gasteiger partial charge is 0.262 e. The Hall–Kier alpha value is -2.35. The molecule has 0 atom stereocenters. The van der Waals surface area contributed by atoms with E-state index in [2.05, 4.69) is 22.2 Å². The fourth-order valence-corrected chi connectivity index (χ4v) is 3.52. The number of rotatable bonds is 6. The third kappa shape index (κ3) is 5.82. The summed E-state index contributed by atoms with van der Waals surface area (Å²) in [4.78, 5) is 17.4. The zero-order chi connectivity index (χ0) is 20.8. The van der Waals surface area contributed by atoms with Crippen molar-refractivity contribution in [3.63, 3.8) is 0 Å². The molecular weight excluding hydrogens is 410 g/mol. The van der Waals surface area contributed by atoms with Gasteiger partial charge >= 0.3 is 0 Å². The predicted octanol–water partition coefficient (Wildman–Crippen LogP) is 3.29. The van der Waals surface area contributed by atoms with Crippen LogP contribution < -0.4 is 14.8 Å². The van der Waals surface area contributed by atoms with E-state index in [1.54, 1.807) is 37.4 Å². The lowest BCUT2D eigenvalue weighted by atomic mass is 10.1. The van der Waals surface area contributed by atoms with Gasteiger partial charge in [-0.2, -0.15) is 0 Å². The van der Waals surface area contributed by atoms with E-state index >= 15 is 0 Å². The lowest BCUT2D eigenvalue weighted by molar-refractivity contribution is -0.118. The maximum atomic E-state index is 12.2. The number of carbonyl (C=O) groups is 1. The van der Waals surface area contributed by atoms with Crippen molar-refractivity contribution >= 4 is 40.4 Å². The second-order valence-corrected chi connectivity index (χ2v) is 7.63. The van der Waals surface area contributed by atoms with Gasteiger partial charge in [0.1, 0.15) is 4.99 Å². The van der Waals surface area contributed by atoms with Gasteiger partial charge in [0.25, 0.3) is 5.91 Å². The first-order valence-corrected chi connectivity index (χ1v) is 10.1. The number of amides is 1. The SMILES string of the molecule is COc1cc(C(=S)N2CCN(C)CC2)ccc1OCC(=O)Nc1cccc(Cl)c1. The van der Waals surface area contributed by atoms with Gasteiger partial charge in [-0.15, -0.1) is 0 Å². The highest BCUT2D eigenvalue weighted by Gasteiger charge is 2.19. The lowest BCUT2D eigenvalue weighted by Gasteiger charge is -2.34. The van der Waals surface area contributed by atoms with Crippen molar-refractivity contribution in [3.05, 3.63) is 53.1 Å². The van der Waals surface area contributed by atoms with Gasteiger partial charge in [0.05, 0.1) is 7.11 Å². The first-order chi connectivity index (χ1) is 14.0. The normalized spacial score (nSPS) is 14.4. The molecule has 0 bridgehead atoms. The van der Waals surface area contributed by atoms with E-state index in [1.165, 1.54) is 0 Å². The first-order valence-electron chi connectivity index (χ1n) is 9.30. The van der Waals surface area contributed by atoms with Crippen molar-refractivity contribution in [1.29, 1.82) is 0 Å². The van der Waals surface area contributed by atoms with Crippen LogP contribution in [0.2, 0.25) is 5.02 Å². The third-order valence-electron chi connectivity index (χ3n) is 4.67. The number of hydrogen-bond donors (Lipinski definition) is 1. The molecule has 0 aliphatic carbocycles. The highest BCUT2D eigenvalue weighted by molar-refractivity contribution is 7.80. The molecule has 0 radical (unpaired) electrons. The number of nitrogens with one attached hydrogen (secondary N) is 1. The van der Waals surface area contributed by atoms with Gasteiger partial charge in [-0.05, 0) is 43.4 Å².